The number of hydrogen-bond acceptors (Lipinski definition) is 3. The average molecular weight is 262 g/mol. The zero-order valence-corrected chi connectivity index (χ0v) is 10.6. The molecule has 2 rings (SSSR count). The molecule has 0 aromatic carbocycles. The van der Waals surface area contributed by atoms with Gasteiger partial charge >= 0.3 is 0 Å². The van der Waals surface area contributed by atoms with E-state index in [0.29, 0.717) is 12.1 Å². The first-order chi connectivity index (χ1) is 8.68. The van der Waals surface area contributed by atoms with Gasteiger partial charge in [0.15, 0.2) is 0 Å². The number of hydrogen-bond donors (Lipinski definition) is 0. The summed E-state index contributed by atoms with van der Waals surface area (Å²) >= 11 is 5.89. The van der Waals surface area contributed by atoms with E-state index in [1.807, 2.05) is 18.2 Å². The summed E-state index contributed by atoms with van der Waals surface area (Å²) < 4.78 is 0. The Morgan fingerprint density at radius 2 is 2.00 bits per heavy atom. The molecular weight excluding hydrogens is 250 g/mol. The fourth-order valence-corrected chi connectivity index (χ4v) is 1.76. The molecule has 18 heavy (non-hydrogen) atoms. The largest absolute Gasteiger partial charge is 0.336 e. The molecule has 2 heterocycles. The second-order valence-electron chi connectivity index (χ2n) is 3.82. The summed E-state index contributed by atoms with van der Waals surface area (Å²) in [6.45, 7) is 0.435. The van der Waals surface area contributed by atoms with Gasteiger partial charge in [-0.3, -0.25) is 9.78 Å². The Balaban J connectivity index is 2.13. The Morgan fingerprint density at radius 1 is 1.22 bits per heavy atom. The quantitative estimate of drug-likeness (QED) is 0.797. The van der Waals surface area contributed by atoms with Gasteiger partial charge < -0.3 is 4.90 Å². The van der Waals surface area contributed by atoms with Gasteiger partial charge in [0.25, 0.3) is 5.91 Å². The van der Waals surface area contributed by atoms with Crippen LogP contribution in [-0.4, -0.2) is 27.8 Å². The Bertz CT molecular complexity index is 545. The van der Waals surface area contributed by atoms with Gasteiger partial charge in [-0.25, -0.2) is 4.98 Å². The molecule has 0 saturated heterocycles. The van der Waals surface area contributed by atoms with Gasteiger partial charge in [-0.15, -0.1) is 0 Å². The molecular formula is C13H12ClN3O. The molecule has 0 unspecified atom stereocenters. The molecule has 0 aliphatic heterocycles. The predicted molar refractivity (Wildman–Crippen MR) is 69.3 cm³/mol. The summed E-state index contributed by atoms with van der Waals surface area (Å²) in [5.74, 6) is -0.168. The Morgan fingerprint density at radius 3 is 2.67 bits per heavy atom. The van der Waals surface area contributed by atoms with Crippen molar-refractivity contribution in [2.45, 2.75) is 6.54 Å². The fraction of sp³-hybridized carbons (Fsp3) is 0.154. The van der Waals surface area contributed by atoms with Crippen LogP contribution >= 0.6 is 11.6 Å². The van der Waals surface area contributed by atoms with E-state index in [4.69, 9.17) is 11.6 Å². The monoisotopic (exact) mass is 261 g/mol. The third-order valence-electron chi connectivity index (χ3n) is 2.46. The number of rotatable bonds is 3. The lowest BCUT2D eigenvalue weighted by molar-refractivity contribution is 0.0783. The number of pyridine rings is 2. The van der Waals surface area contributed by atoms with E-state index >= 15 is 0 Å². The Kier molecular flexibility index (Phi) is 3.89. The van der Waals surface area contributed by atoms with E-state index in [2.05, 4.69) is 9.97 Å². The van der Waals surface area contributed by atoms with Gasteiger partial charge in [0.1, 0.15) is 5.15 Å². The summed E-state index contributed by atoms with van der Waals surface area (Å²) in [7, 11) is 1.71. The van der Waals surface area contributed by atoms with Crippen LogP contribution in [0.3, 0.4) is 0 Å². The molecule has 0 aliphatic rings. The molecule has 0 radical (unpaired) electrons. The molecule has 5 heteroatoms. The lowest BCUT2D eigenvalue weighted by Crippen LogP contribution is -2.27. The molecule has 0 saturated carbocycles. The molecule has 0 aliphatic carbocycles. The zero-order chi connectivity index (χ0) is 13.0. The molecule has 2 aromatic heterocycles. The van der Waals surface area contributed by atoms with Crippen molar-refractivity contribution < 1.29 is 4.79 Å². The number of amides is 1. The Hall–Kier alpha value is -1.94. The van der Waals surface area contributed by atoms with E-state index in [1.165, 1.54) is 0 Å². The van der Waals surface area contributed by atoms with Crippen molar-refractivity contribution >= 4 is 17.5 Å². The van der Waals surface area contributed by atoms with Gasteiger partial charge in [0, 0.05) is 19.4 Å². The third kappa shape index (κ3) is 2.84. The van der Waals surface area contributed by atoms with Crippen molar-refractivity contribution in [3.63, 3.8) is 0 Å². The lowest BCUT2D eigenvalue weighted by atomic mass is 10.2. The second-order valence-corrected chi connectivity index (χ2v) is 4.18. The van der Waals surface area contributed by atoms with Gasteiger partial charge in [-0.1, -0.05) is 17.7 Å². The minimum absolute atomic E-state index is 0.168. The number of aromatic nitrogens is 2. The zero-order valence-electron chi connectivity index (χ0n) is 9.88. The summed E-state index contributed by atoms with van der Waals surface area (Å²) in [5.41, 5.74) is 1.23. The van der Waals surface area contributed by atoms with Crippen LogP contribution in [0.5, 0.6) is 0 Å². The van der Waals surface area contributed by atoms with Crippen LogP contribution in [0.25, 0.3) is 0 Å². The van der Waals surface area contributed by atoms with Crippen LogP contribution in [0, 0.1) is 0 Å². The highest BCUT2D eigenvalue weighted by Crippen LogP contribution is 2.14. The Labute approximate surface area is 110 Å². The molecule has 4 nitrogen and oxygen atoms in total. The van der Waals surface area contributed by atoms with Crippen LogP contribution in [-0.2, 0) is 6.54 Å². The molecule has 92 valence electrons. The standard InChI is InChI=1S/C13H12ClN3O/c1-17(9-10-5-2-3-7-15-10)13(18)11-6-4-8-16-12(11)14/h2-8H,9H2,1H3. The van der Waals surface area contributed by atoms with Crippen LogP contribution in [0.1, 0.15) is 16.1 Å². The molecule has 0 fully saturated rings. The smallest absolute Gasteiger partial charge is 0.257 e. The number of carbonyl (C=O) groups excluding carboxylic acids is 1. The van der Waals surface area contributed by atoms with Gasteiger partial charge in [0.05, 0.1) is 17.8 Å². The molecule has 0 bridgehead atoms. The minimum atomic E-state index is -0.168. The first kappa shape index (κ1) is 12.5. The lowest BCUT2D eigenvalue weighted by Gasteiger charge is -2.16. The van der Waals surface area contributed by atoms with Crippen molar-refractivity contribution in [1.29, 1.82) is 0 Å². The van der Waals surface area contributed by atoms with Crippen LogP contribution < -0.4 is 0 Å². The molecule has 0 N–H and O–H groups in total. The summed E-state index contributed by atoms with van der Waals surface area (Å²) in [4.78, 5) is 21.8. The van der Waals surface area contributed by atoms with Crippen molar-refractivity contribution in [2.75, 3.05) is 7.05 Å². The fourth-order valence-electron chi connectivity index (χ4n) is 1.56. The van der Waals surface area contributed by atoms with Gasteiger partial charge in [-0.05, 0) is 24.3 Å². The maximum Gasteiger partial charge on any atom is 0.257 e. The number of carbonyl (C=O) groups is 1. The van der Waals surface area contributed by atoms with E-state index < -0.39 is 0 Å². The molecule has 0 spiro atoms. The van der Waals surface area contributed by atoms with Crippen LogP contribution in [0.2, 0.25) is 5.15 Å². The summed E-state index contributed by atoms with van der Waals surface area (Å²) in [6, 6.07) is 8.94. The van der Waals surface area contributed by atoms with Crippen molar-refractivity contribution in [2.24, 2.45) is 0 Å². The second kappa shape index (κ2) is 5.60. The van der Waals surface area contributed by atoms with Crippen LogP contribution in [0.4, 0.5) is 0 Å². The SMILES string of the molecule is CN(Cc1ccccn1)C(=O)c1cccnc1Cl. The van der Waals surface area contributed by atoms with Crippen molar-refractivity contribution in [3.8, 4) is 0 Å². The summed E-state index contributed by atoms with van der Waals surface area (Å²) in [6.07, 6.45) is 3.25. The maximum atomic E-state index is 12.1. The number of halogens is 1. The average Bonchev–Trinajstić information content (AvgIpc) is 2.39. The molecule has 1 amide bonds. The maximum absolute atomic E-state index is 12.1. The minimum Gasteiger partial charge on any atom is -0.336 e. The number of nitrogens with zero attached hydrogens (tertiary/aromatic N) is 3. The predicted octanol–water partition coefficient (Wildman–Crippen LogP) is 2.40. The highest BCUT2D eigenvalue weighted by Gasteiger charge is 2.15. The molecule has 0 atom stereocenters. The summed E-state index contributed by atoms with van der Waals surface area (Å²) in [5, 5.41) is 0.218. The van der Waals surface area contributed by atoms with Gasteiger partial charge in [0.2, 0.25) is 0 Å². The van der Waals surface area contributed by atoms with E-state index in [1.54, 1.807) is 36.5 Å². The van der Waals surface area contributed by atoms with E-state index in [-0.39, 0.29) is 11.1 Å². The van der Waals surface area contributed by atoms with Gasteiger partial charge in [-0.2, -0.15) is 0 Å². The van der Waals surface area contributed by atoms with E-state index in [0.717, 1.165) is 5.69 Å². The highest BCUT2D eigenvalue weighted by atomic mass is 35.5. The van der Waals surface area contributed by atoms with Crippen LogP contribution in [0.15, 0.2) is 42.7 Å². The van der Waals surface area contributed by atoms with E-state index in [9.17, 15) is 4.79 Å². The normalized spacial score (nSPS) is 10.1. The highest BCUT2D eigenvalue weighted by molar-refractivity contribution is 6.32. The third-order valence-corrected chi connectivity index (χ3v) is 2.76. The topological polar surface area (TPSA) is 46.1 Å². The molecule has 2 aromatic rings. The first-order valence-corrected chi connectivity index (χ1v) is 5.82. The van der Waals surface area contributed by atoms with Crippen molar-refractivity contribution in [1.82, 2.24) is 14.9 Å². The van der Waals surface area contributed by atoms with Crippen molar-refractivity contribution in [3.05, 3.63) is 59.1 Å². The first-order valence-electron chi connectivity index (χ1n) is 5.44.